The van der Waals surface area contributed by atoms with E-state index in [4.69, 9.17) is 14.7 Å². The summed E-state index contributed by atoms with van der Waals surface area (Å²) in [6, 6.07) is 5.84. The molecular weight excluding hydrogens is 532 g/mol. The zero-order chi connectivity index (χ0) is 30.0. The fourth-order valence-corrected chi connectivity index (χ4v) is 6.51. The van der Waals surface area contributed by atoms with Crippen LogP contribution in [0.3, 0.4) is 0 Å². The Morgan fingerprint density at radius 3 is 2.38 bits per heavy atom. The molecule has 4 aliphatic rings. The Hall–Kier alpha value is -4.79. The molecule has 0 aliphatic carbocycles. The van der Waals surface area contributed by atoms with E-state index >= 15 is 0 Å². The summed E-state index contributed by atoms with van der Waals surface area (Å²) in [5, 5.41) is 9.51. The van der Waals surface area contributed by atoms with E-state index in [-0.39, 0.29) is 29.4 Å². The smallest absolute Gasteiger partial charge is 0.349 e. The molecule has 6 rings (SSSR count). The van der Waals surface area contributed by atoms with Gasteiger partial charge in [0.2, 0.25) is 0 Å². The number of aromatic amines is 2. The molecule has 2 atom stereocenters. The van der Waals surface area contributed by atoms with Crippen molar-refractivity contribution in [3.63, 3.8) is 0 Å². The number of rotatable bonds is 5. The third-order valence-corrected chi connectivity index (χ3v) is 8.91. The maximum Gasteiger partial charge on any atom is 0.349 e. The van der Waals surface area contributed by atoms with Crippen LogP contribution in [0.2, 0.25) is 0 Å². The summed E-state index contributed by atoms with van der Waals surface area (Å²) in [4.78, 5) is 54.7. The van der Waals surface area contributed by atoms with Crippen LogP contribution in [-0.4, -0.2) is 43.0 Å². The van der Waals surface area contributed by atoms with Gasteiger partial charge in [0.05, 0.1) is 33.9 Å². The summed E-state index contributed by atoms with van der Waals surface area (Å²) in [6.07, 6.45) is 2.75. The quantitative estimate of drug-likeness (QED) is 0.266. The van der Waals surface area contributed by atoms with Gasteiger partial charge in [-0.1, -0.05) is 26.5 Å². The van der Waals surface area contributed by atoms with E-state index in [0.29, 0.717) is 28.7 Å². The van der Waals surface area contributed by atoms with Crippen LogP contribution in [0.15, 0.2) is 30.9 Å². The van der Waals surface area contributed by atoms with Crippen LogP contribution >= 0.6 is 0 Å². The van der Waals surface area contributed by atoms with Gasteiger partial charge < -0.3 is 19.8 Å². The largest absolute Gasteiger partial charge is 0.481 e. The summed E-state index contributed by atoms with van der Waals surface area (Å²) in [5.74, 6) is -2.92. The first-order valence-corrected chi connectivity index (χ1v) is 14.1. The van der Waals surface area contributed by atoms with Gasteiger partial charge in [0.25, 0.3) is 0 Å². The number of ether oxygens (including phenoxy) is 1. The highest BCUT2D eigenvalue weighted by Gasteiger charge is 2.38. The lowest BCUT2D eigenvalue weighted by molar-refractivity contribution is -0.137. The molecule has 2 aromatic heterocycles. The molecule has 9 nitrogen and oxygen atoms in total. The zero-order valence-electron chi connectivity index (χ0n) is 24.3. The fourth-order valence-electron chi connectivity index (χ4n) is 6.51. The SMILES string of the molecule is C=CC1=C(C)c2cc3[nH]c(c4c5[nH]c(cc6nc(cc1n2)C(C)=C6CC)c(C)c5C(=O)OC4=O)[C@@H](CCC(=O)O)C3C. The van der Waals surface area contributed by atoms with E-state index < -0.39 is 17.9 Å². The number of aliphatic carboxylic acids is 1. The number of fused-ring (bicyclic) bond motifs is 8. The predicted octanol–water partition coefficient (Wildman–Crippen LogP) is 6.87. The lowest BCUT2D eigenvalue weighted by Crippen LogP contribution is -2.21. The van der Waals surface area contributed by atoms with Gasteiger partial charge in [-0.3, -0.25) is 4.79 Å². The number of carboxylic acid groups (broad SMARTS) is 1. The predicted molar refractivity (Wildman–Crippen MR) is 160 cm³/mol. The Morgan fingerprint density at radius 1 is 1.00 bits per heavy atom. The number of nitrogens with one attached hydrogen (secondary N) is 2. The Bertz CT molecular complexity index is 1890. The maximum atomic E-state index is 13.4. The molecular formula is C33H32N4O5. The second-order valence-corrected chi connectivity index (χ2v) is 11.2. The molecule has 0 saturated carbocycles. The van der Waals surface area contributed by atoms with Gasteiger partial charge in [0.15, 0.2) is 0 Å². The third-order valence-electron chi connectivity index (χ3n) is 8.91. The number of H-pyrrole nitrogens is 2. The number of carboxylic acids is 1. The van der Waals surface area contributed by atoms with Crippen LogP contribution < -0.4 is 0 Å². The minimum Gasteiger partial charge on any atom is -0.481 e. The molecule has 1 unspecified atom stereocenters. The first-order chi connectivity index (χ1) is 20.0. The van der Waals surface area contributed by atoms with E-state index in [1.165, 1.54) is 0 Å². The molecule has 0 fully saturated rings. The fraction of sp³-hybridized carbons (Fsp3) is 0.303. The molecule has 2 aromatic rings. The highest BCUT2D eigenvalue weighted by atomic mass is 16.6. The second kappa shape index (κ2) is 9.94. The maximum absolute atomic E-state index is 13.4. The number of aryl methyl sites for hydroxylation is 1. The lowest BCUT2D eigenvalue weighted by atomic mass is 9.85. The number of hydrogen-bond donors (Lipinski definition) is 3. The molecule has 8 bridgehead atoms. The van der Waals surface area contributed by atoms with Gasteiger partial charge in [-0.25, -0.2) is 19.6 Å². The van der Waals surface area contributed by atoms with Crippen molar-refractivity contribution in [1.82, 2.24) is 19.9 Å². The number of carbonyl (C=O) groups is 3. The van der Waals surface area contributed by atoms with Gasteiger partial charge in [0.1, 0.15) is 5.56 Å². The number of esters is 2. The highest BCUT2D eigenvalue weighted by Crippen LogP contribution is 2.44. The molecule has 214 valence electrons. The summed E-state index contributed by atoms with van der Waals surface area (Å²) < 4.78 is 5.27. The highest BCUT2D eigenvalue weighted by molar-refractivity contribution is 6.18. The van der Waals surface area contributed by atoms with Crippen LogP contribution in [0.1, 0.15) is 119 Å². The Labute approximate surface area is 242 Å². The molecule has 42 heavy (non-hydrogen) atoms. The number of hydrogen-bond acceptors (Lipinski definition) is 6. The minimum absolute atomic E-state index is 0.0817. The molecule has 3 N–H and O–H groups in total. The summed E-state index contributed by atoms with van der Waals surface area (Å²) in [5.41, 5.74) is 10.5. The van der Waals surface area contributed by atoms with Crippen LogP contribution in [0, 0.1) is 6.92 Å². The Morgan fingerprint density at radius 2 is 1.69 bits per heavy atom. The molecule has 0 radical (unpaired) electrons. The van der Waals surface area contributed by atoms with Crippen molar-refractivity contribution in [3.05, 3.63) is 81.7 Å². The van der Waals surface area contributed by atoms with Crippen molar-refractivity contribution < 1.29 is 24.2 Å². The lowest BCUT2D eigenvalue weighted by Gasteiger charge is -2.19. The van der Waals surface area contributed by atoms with Crippen LogP contribution in [0.5, 0.6) is 0 Å². The monoisotopic (exact) mass is 564 g/mol. The van der Waals surface area contributed by atoms with Gasteiger partial charge in [0, 0.05) is 40.7 Å². The average Bonchev–Trinajstić information content (AvgIpc) is 3.61. The van der Waals surface area contributed by atoms with E-state index in [1.54, 1.807) is 6.08 Å². The summed E-state index contributed by atoms with van der Waals surface area (Å²) >= 11 is 0. The molecule has 0 saturated heterocycles. The molecule has 0 aromatic carbocycles. The molecule has 6 heterocycles. The molecule has 0 spiro atoms. The normalized spacial score (nSPS) is 18.8. The van der Waals surface area contributed by atoms with Gasteiger partial charge in [-0.05, 0) is 74.1 Å². The number of allylic oxidation sites excluding steroid dienone is 5. The first kappa shape index (κ1) is 27.4. The van der Waals surface area contributed by atoms with Crippen LogP contribution in [0.25, 0.3) is 33.3 Å². The van der Waals surface area contributed by atoms with E-state index in [1.807, 2.05) is 45.9 Å². The summed E-state index contributed by atoms with van der Waals surface area (Å²) in [7, 11) is 0. The Kier molecular flexibility index (Phi) is 6.48. The average molecular weight is 565 g/mol. The van der Waals surface area contributed by atoms with Crippen molar-refractivity contribution in [3.8, 4) is 0 Å². The molecule has 0 amide bonds. The molecule has 9 heteroatoms. The summed E-state index contributed by atoms with van der Waals surface area (Å²) in [6.45, 7) is 13.9. The number of carbonyl (C=O) groups excluding carboxylic acids is 2. The van der Waals surface area contributed by atoms with Gasteiger partial charge in [-0.2, -0.15) is 0 Å². The van der Waals surface area contributed by atoms with Crippen molar-refractivity contribution in [2.24, 2.45) is 0 Å². The topological polar surface area (TPSA) is 138 Å². The number of cyclic esters (lactones) is 2. The minimum atomic E-state index is -0.926. The standard InChI is InChI=1S/C33H32N4O5/c1-7-18-14(3)21-11-23-16(5)20(9-10-27(38)39)30(36-23)29-31-28(32(40)42-33(29)41)17(6)24(37-31)13-26-19(8-2)15(4)22(35-26)12-25(18)34-21/h7,11-13,16,20,36-37H,1,8-10H2,2-6H3,(H,38,39)/t16?,20-/m0/s1. The van der Waals surface area contributed by atoms with Gasteiger partial charge in [-0.15, -0.1) is 0 Å². The first-order valence-electron chi connectivity index (χ1n) is 14.1. The Balaban J connectivity index is 1.80. The van der Waals surface area contributed by atoms with Crippen LogP contribution in [-0.2, 0) is 9.53 Å². The van der Waals surface area contributed by atoms with E-state index in [2.05, 4.69) is 23.5 Å². The van der Waals surface area contributed by atoms with Crippen molar-refractivity contribution in [2.45, 2.75) is 65.7 Å². The van der Waals surface area contributed by atoms with Gasteiger partial charge >= 0.3 is 17.9 Å². The zero-order valence-corrected chi connectivity index (χ0v) is 24.3. The third kappa shape index (κ3) is 4.10. The number of aromatic nitrogens is 4. The van der Waals surface area contributed by atoms with Crippen molar-refractivity contribution in [1.29, 1.82) is 0 Å². The van der Waals surface area contributed by atoms with E-state index in [9.17, 15) is 19.5 Å². The second-order valence-electron chi connectivity index (χ2n) is 11.2. The van der Waals surface area contributed by atoms with Crippen LogP contribution in [0.4, 0.5) is 0 Å². The van der Waals surface area contributed by atoms with Crippen molar-refractivity contribution in [2.75, 3.05) is 0 Å². The van der Waals surface area contributed by atoms with Crippen molar-refractivity contribution >= 4 is 51.2 Å². The van der Waals surface area contributed by atoms with E-state index in [0.717, 1.165) is 57.2 Å². The number of nitrogens with zero attached hydrogens (tertiary/aromatic N) is 2. The molecule has 4 aliphatic heterocycles.